The zero-order chi connectivity index (χ0) is 24.6. The Kier molecular flexibility index (Phi) is 6.89. The molecule has 1 aromatic heterocycles. The summed E-state index contributed by atoms with van der Waals surface area (Å²) in [6.45, 7) is 5.94. The molecular weight excluding hydrogens is 493 g/mol. The van der Waals surface area contributed by atoms with Crippen LogP contribution >= 0.6 is 35.0 Å². The van der Waals surface area contributed by atoms with Crippen molar-refractivity contribution >= 4 is 63.8 Å². The Hall–Kier alpha value is -3.00. The second kappa shape index (κ2) is 9.70. The van der Waals surface area contributed by atoms with Crippen molar-refractivity contribution in [3.05, 3.63) is 85.5 Å². The molecule has 1 amide bonds. The molecule has 2 heterocycles. The lowest BCUT2D eigenvalue weighted by atomic mass is 10.1. The molecule has 0 atom stereocenters. The number of esters is 1. The van der Waals surface area contributed by atoms with Crippen LogP contribution in [0.5, 0.6) is 0 Å². The van der Waals surface area contributed by atoms with E-state index in [9.17, 15) is 9.59 Å². The Balaban J connectivity index is 1.69. The first-order valence-electron chi connectivity index (χ1n) is 10.3. The first-order valence-corrected chi connectivity index (χ1v) is 11.9. The number of aliphatic imine (C=N–C) groups is 1. The number of aryl methyl sites for hydroxylation is 2. The van der Waals surface area contributed by atoms with Crippen LogP contribution in [0.3, 0.4) is 0 Å². The Morgan fingerprint density at radius 1 is 1.15 bits per heavy atom. The number of aromatic nitrogens is 1. The highest BCUT2D eigenvalue weighted by molar-refractivity contribution is 8.18. The van der Waals surface area contributed by atoms with E-state index >= 15 is 0 Å². The van der Waals surface area contributed by atoms with Crippen LogP contribution in [0.1, 0.15) is 32.9 Å². The molecule has 9 heteroatoms. The van der Waals surface area contributed by atoms with Crippen molar-refractivity contribution in [3.8, 4) is 5.69 Å². The van der Waals surface area contributed by atoms with Gasteiger partial charge in [-0.25, -0.2) is 9.79 Å². The summed E-state index contributed by atoms with van der Waals surface area (Å²) in [5.74, 6) is -0.632. The van der Waals surface area contributed by atoms with Gasteiger partial charge in [-0.1, -0.05) is 35.3 Å². The Morgan fingerprint density at radius 2 is 1.91 bits per heavy atom. The van der Waals surface area contributed by atoms with Crippen molar-refractivity contribution in [3.63, 3.8) is 0 Å². The molecule has 3 aromatic rings. The van der Waals surface area contributed by atoms with E-state index in [1.165, 1.54) is 18.9 Å². The Bertz CT molecular complexity index is 1390. The summed E-state index contributed by atoms with van der Waals surface area (Å²) in [4.78, 5) is 29.6. The quantitative estimate of drug-likeness (QED) is 0.324. The number of carbonyl (C=O) groups is 2. The average Bonchev–Trinajstić information content (AvgIpc) is 3.29. The number of nitrogens with one attached hydrogen (secondary N) is 1. The summed E-state index contributed by atoms with van der Waals surface area (Å²) in [6.07, 6.45) is 1.83. The van der Waals surface area contributed by atoms with Gasteiger partial charge in [-0.15, -0.1) is 0 Å². The number of amides is 1. The maximum absolute atomic E-state index is 12.6. The fourth-order valence-electron chi connectivity index (χ4n) is 3.71. The summed E-state index contributed by atoms with van der Waals surface area (Å²) in [7, 11) is 1.36. The van der Waals surface area contributed by atoms with Crippen molar-refractivity contribution in [2.24, 2.45) is 4.99 Å². The first kappa shape index (κ1) is 24.1. The minimum Gasteiger partial charge on any atom is -0.465 e. The number of carbonyl (C=O) groups excluding carboxylic acids is 2. The monoisotopic (exact) mass is 513 g/mol. The summed E-state index contributed by atoms with van der Waals surface area (Å²) >= 11 is 13.5. The lowest BCUT2D eigenvalue weighted by Crippen LogP contribution is -2.19. The van der Waals surface area contributed by atoms with Gasteiger partial charge in [0.2, 0.25) is 0 Å². The van der Waals surface area contributed by atoms with Gasteiger partial charge in [0.15, 0.2) is 5.17 Å². The van der Waals surface area contributed by atoms with Gasteiger partial charge in [-0.2, -0.15) is 0 Å². The van der Waals surface area contributed by atoms with Gasteiger partial charge < -0.3 is 14.6 Å². The third-order valence-electron chi connectivity index (χ3n) is 5.43. The molecular formula is C25H21Cl2N3O3S. The van der Waals surface area contributed by atoms with E-state index in [0.717, 1.165) is 28.2 Å². The fraction of sp³-hybridized carbons (Fsp3) is 0.160. The lowest BCUT2D eigenvalue weighted by molar-refractivity contribution is -0.115. The smallest absolute Gasteiger partial charge is 0.337 e. The molecule has 1 aliphatic heterocycles. The summed E-state index contributed by atoms with van der Waals surface area (Å²) in [5, 5.41) is 3.93. The van der Waals surface area contributed by atoms with Crippen molar-refractivity contribution < 1.29 is 14.3 Å². The lowest BCUT2D eigenvalue weighted by Gasteiger charge is -2.14. The van der Waals surface area contributed by atoms with Gasteiger partial charge in [0, 0.05) is 17.1 Å². The van der Waals surface area contributed by atoms with E-state index < -0.39 is 5.97 Å². The maximum atomic E-state index is 12.6. The molecule has 2 aromatic carbocycles. The number of methoxy groups -OCH3 is 1. The zero-order valence-electron chi connectivity index (χ0n) is 18.9. The minimum absolute atomic E-state index is 0.240. The Labute approximate surface area is 211 Å². The molecule has 0 aliphatic carbocycles. The number of amidine groups is 1. The normalized spacial score (nSPS) is 15.8. The van der Waals surface area contributed by atoms with Gasteiger partial charge in [-0.3, -0.25) is 4.79 Å². The highest BCUT2D eigenvalue weighted by Crippen LogP contribution is 2.35. The summed E-state index contributed by atoms with van der Waals surface area (Å²) in [6, 6.07) is 12.6. The van der Waals surface area contributed by atoms with E-state index in [0.29, 0.717) is 31.4 Å². The van der Waals surface area contributed by atoms with E-state index in [1.807, 2.05) is 45.0 Å². The van der Waals surface area contributed by atoms with Crippen LogP contribution in [0.25, 0.3) is 11.8 Å². The molecule has 0 radical (unpaired) electrons. The zero-order valence-corrected chi connectivity index (χ0v) is 21.2. The molecule has 0 unspecified atom stereocenters. The maximum Gasteiger partial charge on any atom is 0.337 e. The number of thioether (sulfide) groups is 1. The fourth-order valence-corrected chi connectivity index (χ4v) is 4.87. The second-order valence-electron chi connectivity index (χ2n) is 7.71. The standard InChI is InChI=1S/C25H21Cl2N3O3S/c1-13-8-9-16(24(32)33-4)11-20(13)30-14(2)10-17(15(30)3)12-21-23(31)29-25(34-21)28-19-7-5-6-18(26)22(19)27/h5-12H,1-4H3,(H,28,29,31)/b21-12+. The first-order chi connectivity index (χ1) is 16.2. The molecule has 174 valence electrons. The summed E-state index contributed by atoms with van der Waals surface area (Å²) < 4.78 is 6.93. The predicted molar refractivity (Wildman–Crippen MR) is 139 cm³/mol. The van der Waals surface area contributed by atoms with Crippen molar-refractivity contribution in [2.45, 2.75) is 20.8 Å². The average molecular weight is 514 g/mol. The van der Waals surface area contributed by atoms with Crippen LogP contribution in [0, 0.1) is 20.8 Å². The van der Waals surface area contributed by atoms with Gasteiger partial charge in [0.1, 0.15) is 0 Å². The SMILES string of the molecule is COC(=O)c1ccc(C)c(-n2c(C)cc(/C=C3/SC(=Nc4cccc(Cl)c4Cl)NC3=O)c2C)c1. The van der Waals surface area contributed by atoms with Crippen molar-refractivity contribution in [1.29, 1.82) is 0 Å². The molecule has 0 bridgehead atoms. The van der Waals surface area contributed by atoms with E-state index in [2.05, 4.69) is 14.9 Å². The molecule has 34 heavy (non-hydrogen) atoms. The van der Waals surface area contributed by atoms with E-state index in [1.54, 1.807) is 24.3 Å². The molecule has 1 aliphatic rings. The molecule has 1 saturated heterocycles. The van der Waals surface area contributed by atoms with Gasteiger partial charge in [-0.05, 0) is 80.1 Å². The van der Waals surface area contributed by atoms with Crippen LogP contribution in [0.4, 0.5) is 5.69 Å². The van der Waals surface area contributed by atoms with E-state index in [4.69, 9.17) is 27.9 Å². The van der Waals surface area contributed by atoms with Gasteiger partial charge in [0.05, 0.1) is 33.3 Å². The van der Waals surface area contributed by atoms with Crippen molar-refractivity contribution in [2.75, 3.05) is 7.11 Å². The number of benzene rings is 2. The minimum atomic E-state index is -0.392. The third-order valence-corrected chi connectivity index (χ3v) is 7.15. The number of ether oxygens (including phenoxy) is 1. The summed E-state index contributed by atoms with van der Waals surface area (Å²) in [5.41, 5.74) is 5.64. The Morgan fingerprint density at radius 3 is 2.65 bits per heavy atom. The van der Waals surface area contributed by atoms with Crippen molar-refractivity contribution in [1.82, 2.24) is 9.88 Å². The largest absolute Gasteiger partial charge is 0.465 e. The van der Waals surface area contributed by atoms with Gasteiger partial charge in [0.25, 0.3) is 5.91 Å². The van der Waals surface area contributed by atoms with E-state index in [-0.39, 0.29) is 5.91 Å². The topological polar surface area (TPSA) is 72.7 Å². The second-order valence-corrected chi connectivity index (χ2v) is 9.53. The molecule has 1 N–H and O–H groups in total. The number of nitrogens with zero attached hydrogens (tertiary/aromatic N) is 2. The number of halogens is 2. The number of hydrogen-bond acceptors (Lipinski definition) is 5. The highest BCUT2D eigenvalue weighted by atomic mass is 35.5. The van der Waals surface area contributed by atoms with Gasteiger partial charge >= 0.3 is 5.97 Å². The molecule has 0 spiro atoms. The third kappa shape index (κ3) is 4.64. The molecule has 1 fully saturated rings. The van der Waals surface area contributed by atoms with Crippen LogP contribution < -0.4 is 5.32 Å². The highest BCUT2D eigenvalue weighted by Gasteiger charge is 2.25. The predicted octanol–water partition coefficient (Wildman–Crippen LogP) is 6.39. The van der Waals surface area contributed by atoms with Crippen LogP contribution in [-0.4, -0.2) is 28.7 Å². The number of hydrogen-bond donors (Lipinski definition) is 1. The van der Waals surface area contributed by atoms with Crippen LogP contribution in [0.2, 0.25) is 10.0 Å². The molecule has 4 rings (SSSR count). The molecule has 6 nitrogen and oxygen atoms in total. The molecule has 0 saturated carbocycles. The van der Waals surface area contributed by atoms with Crippen LogP contribution in [-0.2, 0) is 9.53 Å². The van der Waals surface area contributed by atoms with Crippen LogP contribution in [0.15, 0.2) is 52.4 Å². The number of rotatable bonds is 4.